The van der Waals surface area contributed by atoms with Gasteiger partial charge in [-0.25, -0.2) is 0 Å². The molecular weight excluding hydrogens is 268 g/mol. The molecule has 1 unspecified atom stereocenters. The Labute approximate surface area is 107 Å². The first-order valence-electron chi connectivity index (χ1n) is 4.26. The molecule has 0 heterocycles. The first-order chi connectivity index (χ1) is 5.88. The van der Waals surface area contributed by atoms with Gasteiger partial charge >= 0.3 is 0 Å². The van der Waals surface area contributed by atoms with E-state index < -0.39 is 9.90 Å². The Hall–Kier alpha value is 1.08. The molecule has 0 amide bonds. The highest BCUT2D eigenvalue weighted by Crippen LogP contribution is 2.31. The summed E-state index contributed by atoms with van der Waals surface area (Å²) in [7, 11) is 0. The Morgan fingerprint density at radius 2 is 1.79 bits per heavy atom. The van der Waals surface area contributed by atoms with Crippen molar-refractivity contribution in [2.24, 2.45) is 11.7 Å². The molecule has 0 fully saturated rings. The van der Waals surface area contributed by atoms with Crippen LogP contribution in [0, 0.1) is 5.92 Å². The summed E-state index contributed by atoms with van der Waals surface area (Å²) in [4.78, 5) is 0. The van der Waals surface area contributed by atoms with Gasteiger partial charge < -0.3 is 10.5 Å². The molecule has 0 aliphatic rings. The van der Waals surface area contributed by atoms with Crippen molar-refractivity contribution in [3.05, 3.63) is 0 Å². The number of nitrogens with two attached hydrogens (primary N) is 1. The second-order valence-corrected chi connectivity index (χ2v) is 5.69. The summed E-state index contributed by atoms with van der Waals surface area (Å²) >= 11 is 16.9. The van der Waals surface area contributed by atoms with Crippen LogP contribution in [0.15, 0.2) is 0 Å². The SMILES string of the molecule is CC(C)CCOC(CN)C(Cl)(Cl)Cl.Cl. The monoisotopic (exact) mass is 283 g/mol. The van der Waals surface area contributed by atoms with Crippen molar-refractivity contribution in [1.29, 1.82) is 0 Å². The summed E-state index contributed by atoms with van der Waals surface area (Å²) in [6.45, 7) is 5.01. The highest BCUT2D eigenvalue weighted by Gasteiger charge is 2.32. The van der Waals surface area contributed by atoms with Crippen LogP contribution in [0.3, 0.4) is 0 Å². The fourth-order valence-electron chi connectivity index (χ4n) is 0.742. The van der Waals surface area contributed by atoms with Gasteiger partial charge in [-0.3, -0.25) is 0 Å². The maximum Gasteiger partial charge on any atom is 0.217 e. The maximum atomic E-state index is 5.64. The van der Waals surface area contributed by atoms with Crippen LogP contribution in [-0.2, 0) is 4.74 Å². The number of hydrogen-bond acceptors (Lipinski definition) is 2. The van der Waals surface area contributed by atoms with Gasteiger partial charge in [-0.15, -0.1) is 12.4 Å². The zero-order chi connectivity index (χ0) is 10.5. The van der Waals surface area contributed by atoms with Crippen LogP contribution in [-0.4, -0.2) is 23.0 Å². The van der Waals surface area contributed by atoms with Crippen molar-refractivity contribution in [3.8, 4) is 0 Å². The van der Waals surface area contributed by atoms with Gasteiger partial charge in [-0.2, -0.15) is 0 Å². The molecule has 0 saturated carbocycles. The number of alkyl halides is 3. The van der Waals surface area contributed by atoms with Gasteiger partial charge in [0.1, 0.15) is 6.10 Å². The third kappa shape index (κ3) is 8.39. The van der Waals surface area contributed by atoms with E-state index in [1.54, 1.807) is 0 Å². The van der Waals surface area contributed by atoms with Gasteiger partial charge in [0.2, 0.25) is 3.79 Å². The normalized spacial score (nSPS) is 13.9. The second-order valence-electron chi connectivity index (χ2n) is 3.32. The van der Waals surface area contributed by atoms with Crippen LogP contribution in [0.25, 0.3) is 0 Å². The number of halogens is 4. The minimum Gasteiger partial charge on any atom is -0.372 e. The smallest absolute Gasteiger partial charge is 0.217 e. The summed E-state index contributed by atoms with van der Waals surface area (Å²) in [5, 5.41) is 0. The molecule has 0 aliphatic carbocycles. The van der Waals surface area contributed by atoms with E-state index in [1.165, 1.54) is 0 Å². The largest absolute Gasteiger partial charge is 0.372 e. The molecule has 0 bridgehead atoms. The average molecular weight is 285 g/mol. The Morgan fingerprint density at radius 1 is 1.29 bits per heavy atom. The van der Waals surface area contributed by atoms with Crippen molar-refractivity contribution in [2.75, 3.05) is 13.2 Å². The minimum absolute atomic E-state index is 0. The van der Waals surface area contributed by atoms with Gasteiger partial charge in [0.25, 0.3) is 0 Å². The van der Waals surface area contributed by atoms with Gasteiger partial charge in [0.15, 0.2) is 0 Å². The predicted octanol–water partition coefficient (Wildman–Crippen LogP) is 3.17. The summed E-state index contributed by atoms with van der Waals surface area (Å²) in [6, 6.07) is 0. The molecule has 0 rings (SSSR count). The van der Waals surface area contributed by atoms with E-state index in [0.717, 1.165) is 6.42 Å². The molecule has 2 nitrogen and oxygen atoms in total. The molecule has 1 atom stereocenters. The fraction of sp³-hybridized carbons (Fsp3) is 1.00. The maximum absolute atomic E-state index is 5.64. The van der Waals surface area contributed by atoms with E-state index in [4.69, 9.17) is 45.3 Å². The van der Waals surface area contributed by atoms with Crippen LogP contribution in [0.2, 0.25) is 0 Å². The van der Waals surface area contributed by atoms with Crippen molar-refractivity contribution < 1.29 is 4.74 Å². The van der Waals surface area contributed by atoms with Crippen LogP contribution < -0.4 is 5.73 Å². The number of ether oxygens (including phenoxy) is 1. The van der Waals surface area contributed by atoms with Crippen LogP contribution in [0.4, 0.5) is 0 Å². The standard InChI is InChI=1S/C8H16Cl3NO.ClH/c1-6(2)3-4-13-7(5-12)8(9,10)11;/h6-7H,3-5,12H2,1-2H3;1H. The fourth-order valence-corrected chi connectivity index (χ4v) is 1.20. The molecule has 0 aromatic rings. The lowest BCUT2D eigenvalue weighted by Gasteiger charge is -2.23. The van der Waals surface area contributed by atoms with E-state index in [1.807, 2.05) is 0 Å². The number of hydrogen-bond donors (Lipinski definition) is 1. The van der Waals surface area contributed by atoms with E-state index >= 15 is 0 Å². The highest BCUT2D eigenvalue weighted by atomic mass is 35.6. The Morgan fingerprint density at radius 3 is 2.07 bits per heavy atom. The van der Waals surface area contributed by atoms with Gasteiger partial charge in [0, 0.05) is 13.2 Å². The lowest BCUT2D eigenvalue weighted by atomic mass is 10.1. The van der Waals surface area contributed by atoms with E-state index in [2.05, 4.69) is 13.8 Å². The average Bonchev–Trinajstić information content (AvgIpc) is 1.95. The molecule has 0 aromatic heterocycles. The zero-order valence-electron chi connectivity index (χ0n) is 8.30. The van der Waals surface area contributed by atoms with Gasteiger partial charge in [0.05, 0.1) is 0 Å². The Balaban J connectivity index is 0. The molecule has 2 N–H and O–H groups in total. The third-order valence-corrected chi connectivity index (χ3v) is 2.32. The van der Waals surface area contributed by atoms with Crippen LogP contribution in [0.5, 0.6) is 0 Å². The van der Waals surface area contributed by atoms with E-state index in [-0.39, 0.29) is 19.0 Å². The summed E-state index contributed by atoms with van der Waals surface area (Å²) in [5.74, 6) is 0.578. The van der Waals surface area contributed by atoms with Crippen molar-refractivity contribution in [3.63, 3.8) is 0 Å². The molecule has 14 heavy (non-hydrogen) atoms. The van der Waals surface area contributed by atoms with Crippen molar-refractivity contribution in [2.45, 2.75) is 30.2 Å². The first-order valence-corrected chi connectivity index (χ1v) is 5.39. The molecule has 0 saturated heterocycles. The Bertz CT molecular complexity index is 138. The van der Waals surface area contributed by atoms with E-state index in [9.17, 15) is 0 Å². The summed E-state index contributed by atoms with van der Waals surface area (Å²) in [6.07, 6.45) is 0.424. The van der Waals surface area contributed by atoms with Crippen LogP contribution in [0.1, 0.15) is 20.3 Å². The van der Waals surface area contributed by atoms with Crippen molar-refractivity contribution in [1.82, 2.24) is 0 Å². The highest BCUT2D eigenvalue weighted by molar-refractivity contribution is 6.68. The molecule has 0 aromatic carbocycles. The molecule has 0 spiro atoms. The molecule has 88 valence electrons. The van der Waals surface area contributed by atoms with Gasteiger partial charge in [-0.1, -0.05) is 48.7 Å². The summed E-state index contributed by atoms with van der Waals surface area (Å²) < 4.78 is 3.92. The Kier molecular flexibility index (Phi) is 10.3. The topological polar surface area (TPSA) is 35.2 Å². The lowest BCUT2D eigenvalue weighted by molar-refractivity contribution is 0.0547. The molecule has 0 radical (unpaired) electrons. The molecule has 0 aliphatic heterocycles. The predicted molar refractivity (Wildman–Crippen MR) is 65.8 cm³/mol. The summed E-state index contributed by atoms with van der Waals surface area (Å²) in [5.41, 5.74) is 5.40. The minimum atomic E-state index is -1.42. The molecule has 6 heteroatoms. The molecular formula is C8H17Cl4NO. The van der Waals surface area contributed by atoms with Crippen molar-refractivity contribution >= 4 is 47.2 Å². The van der Waals surface area contributed by atoms with Gasteiger partial charge in [-0.05, 0) is 12.3 Å². The zero-order valence-corrected chi connectivity index (χ0v) is 11.4. The quantitative estimate of drug-likeness (QED) is 0.787. The van der Waals surface area contributed by atoms with E-state index in [0.29, 0.717) is 12.5 Å². The third-order valence-electron chi connectivity index (χ3n) is 1.59. The first kappa shape index (κ1) is 17.5. The number of rotatable bonds is 5. The van der Waals surface area contributed by atoms with Crippen LogP contribution >= 0.6 is 47.2 Å². The second kappa shape index (κ2) is 8.26. The lowest BCUT2D eigenvalue weighted by Crippen LogP contribution is -2.36.